The van der Waals surface area contributed by atoms with Gasteiger partial charge in [-0.25, -0.2) is 4.79 Å². The van der Waals surface area contributed by atoms with Crippen molar-refractivity contribution in [3.63, 3.8) is 0 Å². The van der Waals surface area contributed by atoms with Crippen LogP contribution in [0, 0.1) is 18.3 Å². The molecule has 1 amide bonds. The van der Waals surface area contributed by atoms with Gasteiger partial charge in [0.15, 0.2) is 6.61 Å². The minimum atomic E-state index is -0.620. The Hall–Kier alpha value is -2.63. The quantitative estimate of drug-likeness (QED) is 0.764. The van der Waals surface area contributed by atoms with E-state index in [1.54, 1.807) is 6.92 Å². The molecule has 8 heteroatoms. The fourth-order valence-corrected chi connectivity index (χ4v) is 5.14. The van der Waals surface area contributed by atoms with Gasteiger partial charge in [-0.1, -0.05) is 0 Å². The molecule has 3 N–H and O–H groups in total. The average Bonchev–Trinajstić information content (AvgIpc) is 3.14. The molecule has 0 spiro atoms. The van der Waals surface area contributed by atoms with Gasteiger partial charge in [-0.05, 0) is 46.2 Å². The maximum Gasteiger partial charge on any atom is 0.342 e. The van der Waals surface area contributed by atoms with Gasteiger partial charge in [-0.2, -0.15) is 5.26 Å². The van der Waals surface area contributed by atoms with E-state index < -0.39 is 18.5 Å². The summed E-state index contributed by atoms with van der Waals surface area (Å²) in [4.78, 5) is 25.4. The number of fused-ring (bicyclic) bond motifs is 1. The predicted molar refractivity (Wildman–Crippen MR) is 104 cm³/mol. The number of carbonyl (C=O) groups is 2. The Balaban J connectivity index is 1.75. The number of nitrogens with one attached hydrogen (secondary N) is 1. The van der Waals surface area contributed by atoms with Gasteiger partial charge in [0.05, 0.1) is 22.2 Å². The fourth-order valence-electron chi connectivity index (χ4n) is 3.88. The summed E-state index contributed by atoms with van der Waals surface area (Å²) < 4.78 is 10.1. The monoisotopic (exact) mass is 402 g/mol. The first-order valence-electron chi connectivity index (χ1n) is 8.98. The molecule has 1 aliphatic heterocycles. The molecule has 28 heavy (non-hydrogen) atoms. The smallest absolute Gasteiger partial charge is 0.342 e. The van der Waals surface area contributed by atoms with Crippen molar-refractivity contribution in [1.29, 1.82) is 5.26 Å². The topological polar surface area (TPSA) is 109 Å². The molecule has 0 saturated carbocycles. The number of aryl methyl sites for hydroxylation is 1. The van der Waals surface area contributed by atoms with E-state index in [0.717, 1.165) is 16.9 Å². The molecule has 0 aliphatic carbocycles. The Morgan fingerprint density at radius 3 is 2.71 bits per heavy atom. The molecular weight excluding hydrogens is 378 g/mol. The second-order valence-electron chi connectivity index (χ2n) is 8.27. The van der Waals surface area contributed by atoms with E-state index >= 15 is 0 Å². The number of nitrogens with zero attached hydrogens (tertiary/aromatic N) is 1. The maximum atomic E-state index is 12.3. The number of thiophene rings is 1. The summed E-state index contributed by atoms with van der Waals surface area (Å²) in [5.74, 6) is -0.667. The maximum absolute atomic E-state index is 12.3. The van der Waals surface area contributed by atoms with Gasteiger partial charge in [0.2, 0.25) is 0 Å². The Morgan fingerprint density at radius 1 is 1.39 bits per heavy atom. The third-order valence-electron chi connectivity index (χ3n) is 4.75. The molecule has 0 unspecified atom stereocenters. The van der Waals surface area contributed by atoms with E-state index in [-0.39, 0.29) is 16.6 Å². The number of anilines is 1. The number of esters is 1. The number of rotatable bonds is 4. The molecule has 0 saturated heterocycles. The van der Waals surface area contributed by atoms with Crippen LogP contribution in [0.3, 0.4) is 0 Å². The molecule has 2 aromatic heterocycles. The lowest BCUT2D eigenvalue weighted by atomic mass is 9.81. The Kier molecular flexibility index (Phi) is 5.08. The Morgan fingerprint density at radius 2 is 2.11 bits per heavy atom. The summed E-state index contributed by atoms with van der Waals surface area (Å²) in [5, 5.41) is 15.2. The normalized spacial score (nSPS) is 16.7. The summed E-state index contributed by atoms with van der Waals surface area (Å²) in [7, 11) is 0. The zero-order valence-corrected chi connectivity index (χ0v) is 17.5. The number of furan rings is 1. The van der Waals surface area contributed by atoms with Crippen molar-refractivity contribution < 1.29 is 24.1 Å². The zero-order valence-electron chi connectivity index (χ0n) is 16.6. The van der Waals surface area contributed by atoms with Crippen molar-refractivity contribution in [1.82, 2.24) is 0 Å². The van der Waals surface area contributed by atoms with Gasteiger partial charge in [0.1, 0.15) is 27.9 Å². The number of nitriles is 1. The van der Waals surface area contributed by atoms with Crippen LogP contribution in [-0.2, 0) is 21.5 Å². The van der Waals surface area contributed by atoms with Crippen molar-refractivity contribution >= 4 is 28.2 Å². The molecule has 0 aromatic carbocycles. The van der Waals surface area contributed by atoms with Crippen molar-refractivity contribution in [2.24, 2.45) is 0 Å². The minimum absolute atomic E-state index is 0.0392. The number of hydrogen-bond acceptors (Lipinski definition) is 6. The van der Waals surface area contributed by atoms with E-state index in [2.05, 4.69) is 44.4 Å². The van der Waals surface area contributed by atoms with Crippen LogP contribution in [0.1, 0.15) is 59.8 Å². The molecule has 7 nitrogen and oxygen atoms in total. The molecule has 0 bridgehead atoms. The van der Waals surface area contributed by atoms with Crippen LogP contribution in [0.4, 0.5) is 5.00 Å². The molecule has 3 rings (SSSR count). The number of amides is 1. The van der Waals surface area contributed by atoms with Gasteiger partial charge in [-0.15, -0.1) is 11.3 Å². The summed E-state index contributed by atoms with van der Waals surface area (Å²) in [6.45, 7) is 9.73. The summed E-state index contributed by atoms with van der Waals surface area (Å²) in [6, 6.07) is 3.74. The highest BCUT2D eigenvalue weighted by Crippen LogP contribution is 2.41. The molecule has 1 aliphatic rings. The Bertz CT molecular complexity index is 978. The van der Waals surface area contributed by atoms with E-state index in [0.29, 0.717) is 16.3 Å². The number of carbonyl (C=O) groups excluding carboxylic acids is 2. The molecule has 0 fully saturated rings. The van der Waals surface area contributed by atoms with Gasteiger partial charge in [-0.3, -0.25) is 4.79 Å². The number of hydrogen-bond donors (Lipinski definition) is 2. The highest BCUT2D eigenvalue weighted by Gasteiger charge is 2.44. The Labute approximate surface area is 167 Å². The van der Waals surface area contributed by atoms with Gasteiger partial charge < -0.3 is 19.8 Å². The zero-order chi connectivity index (χ0) is 20.7. The van der Waals surface area contributed by atoms with Crippen LogP contribution in [0.2, 0.25) is 0 Å². The van der Waals surface area contributed by atoms with E-state index in [1.165, 1.54) is 23.7 Å². The van der Waals surface area contributed by atoms with Crippen molar-refractivity contribution in [2.75, 3.05) is 11.9 Å². The first-order valence-corrected chi connectivity index (χ1v) is 9.80. The first-order chi connectivity index (χ1) is 13.0. The van der Waals surface area contributed by atoms with Gasteiger partial charge in [0, 0.05) is 6.42 Å². The third-order valence-corrected chi connectivity index (χ3v) is 6.24. The van der Waals surface area contributed by atoms with E-state index in [1.807, 2.05) is 0 Å². The van der Waals surface area contributed by atoms with Crippen LogP contribution >= 0.6 is 11.3 Å². The lowest BCUT2D eigenvalue weighted by Gasteiger charge is -2.38. The third kappa shape index (κ3) is 3.81. The molecule has 0 radical (unpaired) electrons. The SMILES string of the molecule is Cc1occc1C(=O)OCC(=O)Nc1sc2c(c1C#N)CC(C)(C)[NH2+]C2(C)C. The van der Waals surface area contributed by atoms with Crippen LogP contribution in [0.5, 0.6) is 0 Å². The van der Waals surface area contributed by atoms with Crippen LogP contribution in [0.15, 0.2) is 16.7 Å². The predicted octanol–water partition coefficient (Wildman–Crippen LogP) is 2.45. The van der Waals surface area contributed by atoms with Crippen molar-refractivity contribution in [3.8, 4) is 6.07 Å². The standard InChI is InChI=1S/C20H23N3O4S/c1-11-12(6-7-26-11)18(25)27-10-15(24)22-17-14(9-21)13-8-19(2,3)23-20(4,5)16(13)28-17/h6-7,23H,8,10H2,1-5H3,(H,22,24)/p+1. The fraction of sp³-hybridized carbons (Fsp3) is 0.450. The largest absolute Gasteiger partial charge is 0.469 e. The van der Waals surface area contributed by atoms with E-state index in [9.17, 15) is 14.9 Å². The number of ether oxygens (including phenoxy) is 1. The van der Waals surface area contributed by atoms with Gasteiger partial charge in [0.25, 0.3) is 5.91 Å². The molecule has 148 valence electrons. The lowest BCUT2D eigenvalue weighted by molar-refractivity contribution is -0.789. The number of nitrogens with two attached hydrogens (primary N) is 1. The van der Waals surface area contributed by atoms with Crippen molar-refractivity contribution in [2.45, 2.75) is 52.1 Å². The lowest BCUT2D eigenvalue weighted by Crippen LogP contribution is -3.03. The van der Waals surface area contributed by atoms with Crippen LogP contribution in [0.25, 0.3) is 0 Å². The molecule has 2 aromatic rings. The highest BCUT2D eigenvalue weighted by atomic mass is 32.1. The second-order valence-corrected chi connectivity index (χ2v) is 9.29. The minimum Gasteiger partial charge on any atom is -0.469 e. The highest BCUT2D eigenvalue weighted by molar-refractivity contribution is 7.16. The summed E-state index contributed by atoms with van der Waals surface area (Å²) in [5.41, 5.74) is 1.55. The number of quaternary nitrogens is 1. The molecule has 0 atom stereocenters. The summed E-state index contributed by atoms with van der Waals surface area (Å²) >= 11 is 1.42. The average molecular weight is 402 g/mol. The molecule has 3 heterocycles. The van der Waals surface area contributed by atoms with E-state index in [4.69, 9.17) is 9.15 Å². The first kappa shape index (κ1) is 20.1. The van der Waals surface area contributed by atoms with Crippen LogP contribution in [-0.4, -0.2) is 24.0 Å². The van der Waals surface area contributed by atoms with Crippen molar-refractivity contribution in [3.05, 3.63) is 39.7 Å². The van der Waals surface area contributed by atoms with Crippen LogP contribution < -0.4 is 10.6 Å². The summed E-state index contributed by atoms with van der Waals surface area (Å²) in [6.07, 6.45) is 2.14. The molecular formula is C20H24N3O4S+. The second kappa shape index (κ2) is 7.08. The van der Waals surface area contributed by atoms with Gasteiger partial charge >= 0.3 is 5.97 Å².